The second-order valence-electron chi connectivity index (χ2n) is 8.39. The second-order valence-corrected chi connectivity index (χ2v) is 8.39. The molecule has 10 heteroatoms. The summed E-state index contributed by atoms with van der Waals surface area (Å²) in [5, 5.41) is 9.52. The highest BCUT2D eigenvalue weighted by atomic mass is 19.1. The number of anilines is 1. The summed E-state index contributed by atoms with van der Waals surface area (Å²) < 4.78 is 24.8. The maximum atomic E-state index is 13.3. The highest BCUT2D eigenvalue weighted by Gasteiger charge is 2.54. The Balaban J connectivity index is 1.34. The van der Waals surface area contributed by atoms with Gasteiger partial charge in [-0.3, -0.25) is 14.6 Å². The van der Waals surface area contributed by atoms with E-state index in [-0.39, 0.29) is 12.6 Å². The van der Waals surface area contributed by atoms with Crippen molar-refractivity contribution in [1.82, 2.24) is 9.99 Å². The van der Waals surface area contributed by atoms with Gasteiger partial charge in [-0.15, -0.1) is 0 Å². The standard InChI is InChI=1S/C24H22FN5O4/c1-13(2)33-18-10-4-15(5-11-18)22-26-19(14(3)34-22)12-29-21-20(27-28-29)23(31)30(24(21)32)17-8-6-16(25)7-9-17/h4-11,13,20-21H,12H2,1-3H3/t20-,21-/m0/s1. The summed E-state index contributed by atoms with van der Waals surface area (Å²) in [5.41, 5.74) is 1.66. The molecule has 2 aromatic carbocycles. The number of aryl methyl sites for hydroxylation is 1. The molecule has 174 valence electrons. The van der Waals surface area contributed by atoms with E-state index in [1.807, 2.05) is 38.1 Å². The number of amides is 2. The Kier molecular flexibility index (Phi) is 5.35. The number of rotatable bonds is 6. The van der Waals surface area contributed by atoms with Crippen molar-refractivity contribution in [2.45, 2.75) is 45.5 Å². The van der Waals surface area contributed by atoms with Gasteiger partial charge in [0.2, 0.25) is 5.89 Å². The molecule has 1 saturated heterocycles. The lowest BCUT2D eigenvalue weighted by Crippen LogP contribution is -2.39. The molecular weight excluding hydrogens is 441 g/mol. The SMILES string of the molecule is Cc1oc(-c2ccc(OC(C)C)cc2)nc1CN1N=N[C@@H]2C(=O)N(c3ccc(F)cc3)C(=O)[C@H]21. The second kappa shape index (κ2) is 8.36. The number of oxazole rings is 1. The molecular formula is C24H22FN5O4. The molecule has 34 heavy (non-hydrogen) atoms. The van der Waals surface area contributed by atoms with Crippen LogP contribution in [0.1, 0.15) is 25.3 Å². The van der Waals surface area contributed by atoms with Gasteiger partial charge in [0.1, 0.15) is 23.0 Å². The van der Waals surface area contributed by atoms with Crippen LogP contribution in [0.5, 0.6) is 5.75 Å². The summed E-state index contributed by atoms with van der Waals surface area (Å²) in [6.07, 6.45) is 0.0732. The molecule has 2 aliphatic rings. The monoisotopic (exact) mass is 463 g/mol. The van der Waals surface area contributed by atoms with E-state index in [1.165, 1.54) is 29.3 Å². The van der Waals surface area contributed by atoms with E-state index in [1.54, 1.807) is 6.92 Å². The van der Waals surface area contributed by atoms with E-state index in [0.717, 1.165) is 16.2 Å². The molecule has 0 bridgehead atoms. The third kappa shape index (κ3) is 3.81. The largest absolute Gasteiger partial charge is 0.491 e. The van der Waals surface area contributed by atoms with Crippen molar-refractivity contribution in [3.8, 4) is 17.2 Å². The Morgan fingerprint density at radius 1 is 1.06 bits per heavy atom. The van der Waals surface area contributed by atoms with Gasteiger partial charge in [0.05, 0.1) is 18.3 Å². The first-order chi connectivity index (χ1) is 16.3. The van der Waals surface area contributed by atoms with Crippen LogP contribution in [0.25, 0.3) is 11.5 Å². The number of carbonyl (C=O) groups is 2. The maximum absolute atomic E-state index is 13.3. The molecule has 0 N–H and O–H groups in total. The number of fused-ring (bicyclic) bond motifs is 1. The molecule has 0 radical (unpaired) electrons. The minimum atomic E-state index is -0.947. The summed E-state index contributed by atoms with van der Waals surface area (Å²) >= 11 is 0. The number of hydrogen-bond acceptors (Lipinski definition) is 8. The number of carbonyl (C=O) groups excluding carboxylic acids is 2. The Morgan fingerprint density at radius 3 is 2.44 bits per heavy atom. The molecule has 3 heterocycles. The molecule has 2 amide bonds. The average molecular weight is 463 g/mol. The smallest absolute Gasteiger partial charge is 0.263 e. The van der Waals surface area contributed by atoms with Crippen LogP contribution in [0.4, 0.5) is 10.1 Å². The average Bonchev–Trinajstić information content (AvgIpc) is 3.45. The molecule has 0 aliphatic carbocycles. The van der Waals surface area contributed by atoms with Crippen LogP contribution in [-0.4, -0.2) is 40.0 Å². The predicted octanol–water partition coefficient (Wildman–Crippen LogP) is 4.07. The number of hydrogen-bond donors (Lipinski definition) is 0. The first kappa shape index (κ1) is 21.7. The maximum Gasteiger partial charge on any atom is 0.263 e. The van der Waals surface area contributed by atoms with Gasteiger partial charge in [0.15, 0.2) is 12.1 Å². The summed E-state index contributed by atoms with van der Waals surface area (Å²) in [6.45, 7) is 5.84. The molecule has 1 aromatic heterocycles. The summed E-state index contributed by atoms with van der Waals surface area (Å²) in [7, 11) is 0. The van der Waals surface area contributed by atoms with E-state index in [0.29, 0.717) is 23.0 Å². The van der Waals surface area contributed by atoms with Crippen molar-refractivity contribution in [2.24, 2.45) is 10.3 Å². The van der Waals surface area contributed by atoms with E-state index >= 15 is 0 Å². The van der Waals surface area contributed by atoms with Gasteiger partial charge in [-0.1, -0.05) is 5.22 Å². The zero-order chi connectivity index (χ0) is 24.0. The molecule has 2 atom stereocenters. The third-order valence-corrected chi connectivity index (χ3v) is 5.62. The topological polar surface area (TPSA) is 101 Å². The molecule has 0 unspecified atom stereocenters. The normalized spacial score (nSPS) is 19.4. The number of imide groups is 1. The van der Waals surface area contributed by atoms with E-state index in [9.17, 15) is 14.0 Å². The summed E-state index contributed by atoms with van der Waals surface area (Å²) in [5.74, 6) is 0.342. The van der Waals surface area contributed by atoms with Crippen molar-refractivity contribution < 1.29 is 23.1 Å². The highest BCUT2D eigenvalue weighted by molar-refractivity contribution is 6.25. The van der Waals surface area contributed by atoms with Crippen LogP contribution in [0, 0.1) is 12.7 Å². The first-order valence-corrected chi connectivity index (χ1v) is 10.9. The minimum absolute atomic E-state index is 0.0732. The van der Waals surface area contributed by atoms with Crippen LogP contribution in [-0.2, 0) is 16.1 Å². The Labute approximate surface area is 194 Å². The lowest BCUT2D eigenvalue weighted by molar-refractivity contribution is -0.123. The molecule has 5 rings (SSSR count). The number of aromatic nitrogens is 1. The fourth-order valence-electron chi connectivity index (χ4n) is 4.00. The van der Waals surface area contributed by atoms with Crippen LogP contribution in [0.2, 0.25) is 0 Å². The van der Waals surface area contributed by atoms with Crippen molar-refractivity contribution in [3.63, 3.8) is 0 Å². The van der Waals surface area contributed by atoms with E-state index in [4.69, 9.17) is 9.15 Å². The summed E-state index contributed by atoms with van der Waals surface area (Å²) in [6, 6.07) is 10.8. The molecule has 9 nitrogen and oxygen atoms in total. The Morgan fingerprint density at radius 2 is 1.76 bits per heavy atom. The van der Waals surface area contributed by atoms with Crippen LogP contribution >= 0.6 is 0 Å². The molecule has 0 spiro atoms. The lowest BCUT2D eigenvalue weighted by atomic mass is 10.1. The zero-order valence-electron chi connectivity index (χ0n) is 18.8. The number of ether oxygens (including phenoxy) is 1. The van der Waals surface area contributed by atoms with Gasteiger partial charge in [-0.05, 0) is 69.3 Å². The Hall–Kier alpha value is -4.08. The van der Waals surface area contributed by atoms with Crippen molar-refractivity contribution in [1.29, 1.82) is 0 Å². The predicted molar refractivity (Wildman–Crippen MR) is 119 cm³/mol. The molecule has 1 fully saturated rings. The van der Waals surface area contributed by atoms with E-state index in [2.05, 4.69) is 15.3 Å². The van der Waals surface area contributed by atoms with Crippen LogP contribution in [0.3, 0.4) is 0 Å². The van der Waals surface area contributed by atoms with Crippen molar-refractivity contribution >= 4 is 17.5 Å². The van der Waals surface area contributed by atoms with E-state index < -0.39 is 29.7 Å². The van der Waals surface area contributed by atoms with Crippen LogP contribution in [0.15, 0.2) is 63.3 Å². The number of benzene rings is 2. The zero-order valence-corrected chi connectivity index (χ0v) is 18.8. The fraction of sp³-hybridized carbons (Fsp3) is 0.292. The van der Waals surface area contributed by atoms with Crippen LogP contribution < -0.4 is 9.64 Å². The number of nitrogens with zero attached hydrogens (tertiary/aromatic N) is 5. The summed E-state index contributed by atoms with van der Waals surface area (Å²) in [4.78, 5) is 31.5. The van der Waals surface area contributed by atoms with Gasteiger partial charge in [0.25, 0.3) is 11.8 Å². The molecule has 0 saturated carbocycles. The van der Waals surface area contributed by atoms with Gasteiger partial charge in [-0.2, -0.15) is 5.11 Å². The highest BCUT2D eigenvalue weighted by Crippen LogP contribution is 2.33. The first-order valence-electron chi connectivity index (χ1n) is 10.9. The van der Waals surface area contributed by atoms with Gasteiger partial charge >= 0.3 is 0 Å². The van der Waals surface area contributed by atoms with Gasteiger partial charge in [0, 0.05) is 5.56 Å². The fourth-order valence-corrected chi connectivity index (χ4v) is 4.00. The Bertz CT molecular complexity index is 1270. The third-order valence-electron chi connectivity index (χ3n) is 5.62. The van der Waals surface area contributed by atoms with Crippen molar-refractivity contribution in [3.05, 3.63) is 65.8 Å². The quantitative estimate of drug-likeness (QED) is 0.511. The molecule has 2 aliphatic heterocycles. The lowest BCUT2D eigenvalue weighted by Gasteiger charge is -2.19. The number of halogens is 1. The minimum Gasteiger partial charge on any atom is -0.491 e. The van der Waals surface area contributed by atoms with Crippen molar-refractivity contribution in [2.75, 3.05) is 4.90 Å². The molecule has 3 aromatic rings. The van der Waals surface area contributed by atoms with Gasteiger partial charge < -0.3 is 9.15 Å². The van der Waals surface area contributed by atoms with Gasteiger partial charge in [-0.25, -0.2) is 14.3 Å².